The van der Waals surface area contributed by atoms with E-state index in [1.165, 1.54) is 4.90 Å². The van der Waals surface area contributed by atoms with E-state index in [2.05, 4.69) is 0 Å². The standard InChI is InChI=1S/C22H24ClNO4/c1-22(2,24-20(25)18-7-3-4-8-19(18)21(24)26)15-27-13-5-6-14-28-17-11-9-16(23)10-12-17/h3-4,7-12H,5-6,13-15H2,1-2H3. The fraction of sp³-hybridized carbons (Fsp3) is 0.364. The van der Waals surface area contributed by atoms with Crippen molar-refractivity contribution >= 4 is 23.4 Å². The molecule has 1 aliphatic heterocycles. The lowest BCUT2D eigenvalue weighted by atomic mass is 10.0. The van der Waals surface area contributed by atoms with Crippen LogP contribution in [0.4, 0.5) is 0 Å². The zero-order valence-electron chi connectivity index (χ0n) is 16.1. The zero-order valence-corrected chi connectivity index (χ0v) is 16.9. The summed E-state index contributed by atoms with van der Waals surface area (Å²) in [6.07, 6.45) is 1.67. The van der Waals surface area contributed by atoms with Gasteiger partial charge in [0.15, 0.2) is 0 Å². The Kier molecular flexibility index (Phi) is 6.37. The van der Waals surface area contributed by atoms with Crippen LogP contribution in [0.2, 0.25) is 5.02 Å². The Morgan fingerprint density at radius 2 is 1.46 bits per heavy atom. The Bertz CT molecular complexity index is 813. The summed E-state index contributed by atoms with van der Waals surface area (Å²) in [6, 6.07) is 14.2. The van der Waals surface area contributed by atoms with Crippen LogP contribution in [-0.4, -0.2) is 42.1 Å². The van der Waals surface area contributed by atoms with E-state index in [0.29, 0.717) is 29.4 Å². The third-order valence-electron chi connectivity index (χ3n) is 4.62. The molecule has 0 saturated heterocycles. The summed E-state index contributed by atoms with van der Waals surface area (Å²) >= 11 is 5.84. The molecule has 0 unspecified atom stereocenters. The van der Waals surface area contributed by atoms with Gasteiger partial charge in [-0.2, -0.15) is 0 Å². The van der Waals surface area contributed by atoms with Crippen LogP contribution in [0.1, 0.15) is 47.4 Å². The SMILES string of the molecule is CC(C)(COCCCCOc1ccc(Cl)cc1)N1C(=O)c2ccccc2C1=O. The number of amides is 2. The Hall–Kier alpha value is -2.37. The second kappa shape index (κ2) is 8.76. The van der Waals surface area contributed by atoms with Gasteiger partial charge in [-0.1, -0.05) is 23.7 Å². The number of imide groups is 1. The van der Waals surface area contributed by atoms with Crippen LogP contribution in [0.15, 0.2) is 48.5 Å². The number of nitrogens with zero attached hydrogens (tertiary/aromatic N) is 1. The number of unbranched alkanes of at least 4 members (excludes halogenated alkanes) is 1. The highest BCUT2D eigenvalue weighted by Gasteiger charge is 2.43. The van der Waals surface area contributed by atoms with Crippen LogP contribution < -0.4 is 4.74 Å². The number of rotatable bonds is 9. The molecular weight excluding hydrogens is 378 g/mol. The molecule has 0 saturated carbocycles. The van der Waals surface area contributed by atoms with E-state index in [1.807, 2.05) is 26.0 Å². The van der Waals surface area contributed by atoms with Gasteiger partial charge in [-0.3, -0.25) is 14.5 Å². The van der Waals surface area contributed by atoms with Crippen LogP contribution in [0.25, 0.3) is 0 Å². The largest absolute Gasteiger partial charge is 0.494 e. The summed E-state index contributed by atoms with van der Waals surface area (Å²) < 4.78 is 11.4. The minimum absolute atomic E-state index is 0.259. The van der Waals surface area contributed by atoms with Gasteiger partial charge in [-0.25, -0.2) is 0 Å². The van der Waals surface area contributed by atoms with Gasteiger partial charge < -0.3 is 9.47 Å². The van der Waals surface area contributed by atoms with E-state index < -0.39 is 5.54 Å². The van der Waals surface area contributed by atoms with Gasteiger partial charge in [0, 0.05) is 11.6 Å². The van der Waals surface area contributed by atoms with Crippen molar-refractivity contribution in [2.24, 2.45) is 0 Å². The molecule has 28 heavy (non-hydrogen) atoms. The first-order chi connectivity index (χ1) is 13.4. The smallest absolute Gasteiger partial charge is 0.262 e. The lowest BCUT2D eigenvalue weighted by Crippen LogP contribution is -2.50. The first kappa shape index (κ1) is 20.4. The minimum Gasteiger partial charge on any atom is -0.494 e. The maximum atomic E-state index is 12.6. The highest BCUT2D eigenvalue weighted by atomic mass is 35.5. The molecule has 0 aliphatic carbocycles. The molecule has 2 aromatic carbocycles. The molecule has 0 radical (unpaired) electrons. The third kappa shape index (κ3) is 4.54. The molecule has 1 aliphatic rings. The van der Waals surface area contributed by atoms with E-state index in [1.54, 1.807) is 36.4 Å². The third-order valence-corrected chi connectivity index (χ3v) is 4.87. The van der Waals surface area contributed by atoms with Crippen molar-refractivity contribution in [2.45, 2.75) is 32.2 Å². The molecule has 0 aromatic heterocycles. The fourth-order valence-corrected chi connectivity index (χ4v) is 3.28. The van der Waals surface area contributed by atoms with Gasteiger partial charge >= 0.3 is 0 Å². The Balaban J connectivity index is 1.40. The zero-order chi connectivity index (χ0) is 20.1. The predicted molar refractivity (Wildman–Crippen MR) is 108 cm³/mol. The van der Waals surface area contributed by atoms with Gasteiger partial charge in [-0.05, 0) is 63.1 Å². The van der Waals surface area contributed by atoms with Crippen LogP contribution in [-0.2, 0) is 4.74 Å². The highest BCUT2D eigenvalue weighted by molar-refractivity contribution is 6.30. The molecular formula is C22H24ClNO4. The summed E-state index contributed by atoms with van der Waals surface area (Å²) in [6.45, 7) is 5.11. The quantitative estimate of drug-likeness (QED) is 0.455. The monoisotopic (exact) mass is 401 g/mol. The van der Waals surface area contributed by atoms with Crippen molar-refractivity contribution < 1.29 is 19.1 Å². The Morgan fingerprint density at radius 3 is 2.07 bits per heavy atom. The van der Waals surface area contributed by atoms with Gasteiger partial charge in [0.1, 0.15) is 5.75 Å². The van der Waals surface area contributed by atoms with Crippen molar-refractivity contribution in [3.05, 3.63) is 64.7 Å². The van der Waals surface area contributed by atoms with Crippen molar-refractivity contribution in [3.8, 4) is 5.75 Å². The molecule has 5 nitrogen and oxygen atoms in total. The number of carbonyl (C=O) groups is 2. The highest BCUT2D eigenvalue weighted by Crippen LogP contribution is 2.29. The maximum absolute atomic E-state index is 12.6. The van der Waals surface area contributed by atoms with Crippen LogP contribution in [0, 0.1) is 0 Å². The Morgan fingerprint density at radius 1 is 0.893 bits per heavy atom. The average molecular weight is 402 g/mol. The lowest BCUT2D eigenvalue weighted by Gasteiger charge is -2.33. The van der Waals surface area contributed by atoms with Crippen molar-refractivity contribution in [3.63, 3.8) is 0 Å². The van der Waals surface area contributed by atoms with Gasteiger partial charge in [0.25, 0.3) is 11.8 Å². The summed E-state index contributed by atoms with van der Waals surface area (Å²) in [7, 11) is 0. The van der Waals surface area contributed by atoms with E-state index in [0.717, 1.165) is 18.6 Å². The van der Waals surface area contributed by atoms with Crippen molar-refractivity contribution in [1.29, 1.82) is 0 Å². The van der Waals surface area contributed by atoms with Crippen LogP contribution in [0.5, 0.6) is 5.75 Å². The number of fused-ring (bicyclic) bond motifs is 1. The minimum atomic E-state index is -0.715. The number of benzene rings is 2. The van der Waals surface area contributed by atoms with Crippen LogP contribution in [0.3, 0.4) is 0 Å². The molecule has 6 heteroatoms. The van der Waals surface area contributed by atoms with E-state index in [-0.39, 0.29) is 18.4 Å². The molecule has 2 amide bonds. The van der Waals surface area contributed by atoms with E-state index in [4.69, 9.17) is 21.1 Å². The number of halogens is 1. The first-order valence-electron chi connectivity index (χ1n) is 9.34. The second-order valence-corrected chi connectivity index (χ2v) is 7.80. The molecule has 0 atom stereocenters. The molecule has 148 valence electrons. The van der Waals surface area contributed by atoms with Gasteiger partial charge in [0.05, 0.1) is 29.9 Å². The topological polar surface area (TPSA) is 55.8 Å². The lowest BCUT2D eigenvalue weighted by molar-refractivity contribution is 0.0151. The van der Waals surface area contributed by atoms with Crippen molar-refractivity contribution in [1.82, 2.24) is 4.90 Å². The molecule has 3 rings (SSSR count). The van der Waals surface area contributed by atoms with E-state index in [9.17, 15) is 9.59 Å². The summed E-state index contributed by atoms with van der Waals surface area (Å²) in [5.74, 6) is 0.271. The van der Waals surface area contributed by atoms with E-state index >= 15 is 0 Å². The molecule has 0 bridgehead atoms. The molecule has 1 heterocycles. The van der Waals surface area contributed by atoms with Crippen molar-refractivity contribution in [2.75, 3.05) is 19.8 Å². The molecule has 0 fully saturated rings. The molecule has 0 spiro atoms. The van der Waals surface area contributed by atoms with Crippen LogP contribution >= 0.6 is 11.6 Å². The second-order valence-electron chi connectivity index (χ2n) is 7.37. The first-order valence-corrected chi connectivity index (χ1v) is 9.72. The predicted octanol–water partition coefficient (Wildman–Crippen LogP) is 4.59. The Labute approximate surface area is 170 Å². The summed E-state index contributed by atoms with van der Waals surface area (Å²) in [5.41, 5.74) is 0.201. The summed E-state index contributed by atoms with van der Waals surface area (Å²) in [5, 5.41) is 0.682. The molecule has 0 N–H and O–H groups in total. The normalized spacial score (nSPS) is 13.8. The number of ether oxygens (including phenoxy) is 2. The number of hydrogen-bond donors (Lipinski definition) is 0. The van der Waals surface area contributed by atoms with Gasteiger partial charge in [0.2, 0.25) is 0 Å². The fourth-order valence-electron chi connectivity index (χ4n) is 3.15. The number of carbonyl (C=O) groups excluding carboxylic acids is 2. The van der Waals surface area contributed by atoms with Gasteiger partial charge in [-0.15, -0.1) is 0 Å². The number of hydrogen-bond acceptors (Lipinski definition) is 4. The molecule has 2 aromatic rings. The summed E-state index contributed by atoms with van der Waals surface area (Å²) in [4.78, 5) is 26.5. The maximum Gasteiger partial charge on any atom is 0.262 e. The average Bonchev–Trinajstić information content (AvgIpc) is 2.94.